The molecule has 0 rings (SSSR count). The molecule has 0 aromatic heterocycles. The first-order chi connectivity index (χ1) is 6.58. The van der Waals surface area contributed by atoms with Gasteiger partial charge < -0.3 is 4.74 Å². The van der Waals surface area contributed by atoms with E-state index in [9.17, 15) is 8.42 Å². The van der Waals surface area contributed by atoms with E-state index in [2.05, 4.69) is 10.6 Å². The minimum Gasteiger partial charge on any atom is -0.383 e. The molecule has 0 unspecified atom stereocenters. The van der Waals surface area contributed by atoms with Gasteiger partial charge in [0.25, 0.3) is 10.2 Å². The van der Waals surface area contributed by atoms with Crippen molar-refractivity contribution in [3.63, 3.8) is 0 Å². The van der Waals surface area contributed by atoms with Gasteiger partial charge in [-0.05, 0) is 0 Å². The standard InChI is InChI=1S/C8H16N2O3S/c1-4-7-10(5-2)14(11,12)9-6-8-13-3/h1,9H,5-8H2,2-3H3. The highest BCUT2D eigenvalue weighted by Gasteiger charge is 2.17. The minimum atomic E-state index is -3.45. The van der Waals surface area contributed by atoms with E-state index in [1.54, 1.807) is 6.92 Å². The Morgan fingerprint density at radius 3 is 2.64 bits per heavy atom. The molecule has 0 bridgehead atoms. The third-order valence-electron chi connectivity index (χ3n) is 1.55. The lowest BCUT2D eigenvalue weighted by Crippen LogP contribution is -2.41. The van der Waals surface area contributed by atoms with Crippen molar-refractivity contribution in [3.05, 3.63) is 0 Å². The average molecular weight is 220 g/mol. The van der Waals surface area contributed by atoms with E-state index in [4.69, 9.17) is 11.2 Å². The fraction of sp³-hybridized carbons (Fsp3) is 0.750. The topological polar surface area (TPSA) is 58.6 Å². The van der Waals surface area contributed by atoms with Gasteiger partial charge in [0.15, 0.2) is 0 Å². The Bertz CT molecular complexity index is 281. The van der Waals surface area contributed by atoms with Crippen LogP contribution in [-0.2, 0) is 14.9 Å². The predicted octanol–water partition coefficient (Wildman–Crippen LogP) is -0.578. The molecule has 14 heavy (non-hydrogen) atoms. The van der Waals surface area contributed by atoms with Crippen LogP contribution in [0.15, 0.2) is 0 Å². The van der Waals surface area contributed by atoms with Crippen molar-refractivity contribution in [3.8, 4) is 12.3 Å². The SMILES string of the molecule is C#CCN(CC)S(=O)(=O)NCCOC. The first-order valence-electron chi connectivity index (χ1n) is 4.25. The van der Waals surface area contributed by atoms with Gasteiger partial charge in [-0.15, -0.1) is 6.42 Å². The summed E-state index contributed by atoms with van der Waals surface area (Å²) in [6, 6.07) is 0. The smallest absolute Gasteiger partial charge is 0.280 e. The zero-order valence-electron chi connectivity index (χ0n) is 8.49. The minimum absolute atomic E-state index is 0.0822. The Balaban J connectivity index is 4.21. The summed E-state index contributed by atoms with van der Waals surface area (Å²) in [6.07, 6.45) is 5.05. The highest BCUT2D eigenvalue weighted by atomic mass is 32.2. The molecule has 0 aromatic rings. The summed E-state index contributed by atoms with van der Waals surface area (Å²) >= 11 is 0. The molecule has 1 N–H and O–H groups in total. The van der Waals surface area contributed by atoms with Gasteiger partial charge in [0, 0.05) is 20.2 Å². The highest BCUT2D eigenvalue weighted by molar-refractivity contribution is 7.87. The van der Waals surface area contributed by atoms with E-state index in [0.717, 1.165) is 0 Å². The second-order valence-corrected chi connectivity index (χ2v) is 4.28. The molecule has 0 radical (unpaired) electrons. The molecule has 6 heteroatoms. The maximum absolute atomic E-state index is 11.5. The fourth-order valence-electron chi connectivity index (χ4n) is 0.833. The van der Waals surface area contributed by atoms with E-state index >= 15 is 0 Å². The first-order valence-corrected chi connectivity index (χ1v) is 5.69. The van der Waals surface area contributed by atoms with Crippen LogP contribution in [0.5, 0.6) is 0 Å². The molecule has 0 aliphatic rings. The summed E-state index contributed by atoms with van der Waals surface area (Å²) < 4.78 is 31.3. The monoisotopic (exact) mass is 220 g/mol. The summed E-state index contributed by atoms with van der Waals surface area (Å²) in [4.78, 5) is 0. The van der Waals surface area contributed by atoms with Crippen molar-refractivity contribution in [2.24, 2.45) is 0 Å². The molecule has 0 aliphatic heterocycles. The van der Waals surface area contributed by atoms with E-state index < -0.39 is 10.2 Å². The maximum Gasteiger partial charge on any atom is 0.280 e. The molecule has 5 nitrogen and oxygen atoms in total. The Labute approximate surface area is 85.6 Å². The number of nitrogens with zero attached hydrogens (tertiary/aromatic N) is 1. The van der Waals surface area contributed by atoms with Crippen molar-refractivity contribution < 1.29 is 13.2 Å². The van der Waals surface area contributed by atoms with E-state index in [1.165, 1.54) is 11.4 Å². The van der Waals surface area contributed by atoms with Gasteiger partial charge in [-0.3, -0.25) is 0 Å². The molecule has 0 fully saturated rings. The van der Waals surface area contributed by atoms with Crippen LogP contribution in [-0.4, -0.2) is 46.1 Å². The van der Waals surface area contributed by atoms with E-state index in [0.29, 0.717) is 13.2 Å². The molecule has 0 aromatic carbocycles. The van der Waals surface area contributed by atoms with Crippen LogP contribution >= 0.6 is 0 Å². The van der Waals surface area contributed by atoms with Crippen molar-refractivity contribution in [2.75, 3.05) is 33.4 Å². The Kier molecular flexibility index (Phi) is 6.49. The molecule has 82 valence electrons. The second-order valence-electron chi connectivity index (χ2n) is 2.52. The first kappa shape index (κ1) is 13.4. The molecule has 0 aliphatic carbocycles. The largest absolute Gasteiger partial charge is 0.383 e. The van der Waals surface area contributed by atoms with Crippen LogP contribution in [0.4, 0.5) is 0 Å². The molecular formula is C8H16N2O3S. The van der Waals surface area contributed by atoms with Gasteiger partial charge in [-0.2, -0.15) is 17.4 Å². The van der Waals surface area contributed by atoms with E-state index in [-0.39, 0.29) is 13.1 Å². The van der Waals surface area contributed by atoms with Crippen LogP contribution < -0.4 is 4.72 Å². The number of ether oxygens (including phenoxy) is 1. The lowest BCUT2D eigenvalue weighted by molar-refractivity contribution is 0.204. The summed E-state index contributed by atoms with van der Waals surface area (Å²) in [5.41, 5.74) is 0. The second kappa shape index (κ2) is 6.79. The summed E-state index contributed by atoms with van der Waals surface area (Å²) in [5, 5.41) is 0. The number of methoxy groups -OCH3 is 1. The molecule has 0 amide bonds. The van der Waals surface area contributed by atoms with Crippen LogP contribution in [0.2, 0.25) is 0 Å². The number of terminal acetylenes is 1. The molecule has 0 saturated heterocycles. The molecule has 0 saturated carbocycles. The van der Waals surface area contributed by atoms with Gasteiger partial charge in [0.1, 0.15) is 0 Å². The van der Waals surface area contributed by atoms with Crippen molar-refractivity contribution >= 4 is 10.2 Å². The van der Waals surface area contributed by atoms with Gasteiger partial charge in [-0.1, -0.05) is 12.8 Å². The molecular weight excluding hydrogens is 204 g/mol. The fourth-order valence-corrected chi connectivity index (χ4v) is 1.94. The van der Waals surface area contributed by atoms with Gasteiger partial charge >= 0.3 is 0 Å². The lowest BCUT2D eigenvalue weighted by atomic mass is 10.6. The molecule has 0 atom stereocenters. The van der Waals surface area contributed by atoms with Crippen molar-refractivity contribution in [1.82, 2.24) is 9.03 Å². The summed E-state index contributed by atoms with van der Waals surface area (Å²) in [6.45, 7) is 2.75. The van der Waals surface area contributed by atoms with Gasteiger partial charge in [0.05, 0.1) is 13.2 Å². The highest BCUT2D eigenvalue weighted by Crippen LogP contribution is 1.95. The Morgan fingerprint density at radius 2 is 2.21 bits per heavy atom. The normalized spacial score (nSPS) is 11.6. The predicted molar refractivity (Wildman–Crippen MR) is 54.9 cm³/mol. The Hall–Kier alpha value is -0.610. The molecule has 0 spiro atoms. The Morgan fingerprint density at radius 1 is 1.57 bits per heavy atom. The summed E-state index contributed by atoms with van der Waals surface area (Å²) in [7, 11) is -1.94. The van der Waals surface area contributed by atoms with Gasteiger partial charge in [-0.25, -0.2) is 0 Å². The molecule has 0 heterocycles. The summed E-state index contributed by atoms with van der Waals surface area (Å²) in [5.74, 6) is 2.29. The number of hydrogen-bond acceptors (Lipinski definition) is 3. The zero-order valence-corrected chi connectivity index (χ0v) is 9.30. The maximum atomic E-state index is 11.5. The van der Waals surface area contributed by atoms with E-state index in [1.807, 2.05) is 0 Å². The van der Waals surface area contributed by atoms with Crippen molar-refractivity contribution in [2.45, 2.75) is 6.92 Å². The third kappa shape index (κ3) is 4.58. The van der Waals surface area contributed by atoms with Crippen LogP contribution in [0.25, 0.3) is 0 Å². The van der Waals surface area contributed by atoms with Crippen LogP contribution in [0.1, 0.15) is 6.92 Å². The number of nitrogens with one attached hydrogen (secondary N) is 1. The third-order valence-corrected chi connectivity index (χ3v) is 3.19. The quantitative estimate of drug-likeness (QED) is 0.461. The number of rotatable bonds is 7. The lowest BCUT2D eigenvalue weighted by Gasteiger charge is -2.17. The number of hydrogen-bond donors (Lipinski definition) is 1. The van der Waals surface area contributed by atoms with Crippen LogP contribution in [0.3, 0.4) is 0 Å². The zero-order chi connectivity index (χ0) is 11.0. The average Bonchev–Trinajstić information content (AvgIpc) is 2.14. The van der Waals surface area contributed by atoms with Crippen molar-refractivity contribution in [1.29, 1.82) is 0 Å². The van der Waals surface area contributed by atoms with Crippen LogP contribution in [0, 0.1) is 12.3 Å². The van der Waals surface area contributed by atoms with Gasteiger partial charge in [0.2, 0.25) is 0 Å².